The van der Waals surface area contributed by atoms with Crippen LogP contribution in [0.2, 0.25) is 0 Å². The second-order valence-corrected chi connectivity index (χ2v) is 8.69. The number of hydrogen-bond acceptors (Lipinski definition) is 5. The summed E-state index contributed by atoms with van der Waals surface area (Å²) in [5, 5.41) is 9.48. The summed E-state index contributed by atoms with van der Waals surface area (Å²) in [5.74, 6) is -0.626. The predicted octanol–water partition coefficient (Wildman–Crippen LogP) is 2.95. The fourth-order valence-corrected chi connectivity index (χ4v) is 4.82. The number of halogens is 1. The van der Waals surface area contributed by atoms with Crippen LogP contribution in [0.25, 0.3) is 0 Å². The highest BCUT2D eigenvalue weighted by Crippen LogP contribution is 2.42. The molecule has 6 nitrogen and oxygen atoms in total. The minimum atomic E-state index is -3.73. The summed E-state index contributed by atoms with van der Waals surface area (Å²) in [6, 6.07) is 13.5. The lowest BCUT2D eigenvalue weighted by atomic mass is 10.0. The van der Waals surface area contributed by atoms with Crippen molar-refractivity contribution in [2.24, 2.45) is 0 Å². The first-order chi connectivity index (χ1) is 12.8. The van der Waals surface area contributed by atoms with Gasteiger partial charge in [0.05, 0.1) is 10.6 Å². The van der Waals surface area contributed by atoms with E-state index in [-0.39, 0.29) is 24.0 Å². The van der Waals surface area contributed by atoms with Gasteiger partial charge >= 0.3 is 0 Å². The highest BCUT2D eigenvalue weighted by Gasteiger charge is 2.37. The number of sulfonamides is 1. The van der Waals surface area contributed by atoms with Crippen molar-refractivity contribution in [1.82, 2.24) is 0 Å². The Bertz CT molecular complexity index is 900. The maximum atomic E-state index is 13.1. The molecule has 3 rings (SSSR count). The van der Waals surface area contributed by atoms with Gasteiger partial charge in [-0.1, -0.05) is 24.3 Å². The van der Waals surface area contributed by atoms with E-state index in [2.05, 4.69) is 0 Å². The van der Waals surface area contributed by atoms with E-state index in [0.717, 1.165) is 5.56 Å². The molecule has 1 aliphatic rings. The molecule has 0 bridgehead atoms. The van der Waals surface area contributed by atoms with Crippen molar-refractivity contribution in [2.45, 2.75) is 23.5 Å². The lowest BCUT2D eigenvalue weighted by Crippen LogP contribution is -2.38. The van der Waals surface area contributed by atoms with Crippen molar-refractivity contribution in [3.05, 3.63) is 54.1 Å². The van der Waals surface area contributed by atoms with Gasteiger partial charge in [-0.2, -0.15) is 0 Å². The van der Waals surface area contributed by atoms with E-state index in [4.69, 9.17) is 21.1 Å². The van der Waals surface area contributed by atoms with Gasteiger partial charge in [-0.3, -0.25) is 4.31 Å². The lowest BCUT2D eigenvalue weighted by Gasteiger charge is -2.27. The normalized spacial score (nSPS) is 18.8. The number of benzene rings is 2. The number of aliphatic hydroxyl groups is 1. The number of alkyl halides is 1. The van der Waals surface area contributed by atoms with Crippen LogP contribution in [-0.4, -0.2) is 45.5 Å². The van der Waals surface area contributed by atoms with Crippen molar-refractivity contribution in [3.8, 4) is 5.75 Å². The van der Waals surface area contributed by atoms with E-state index in [1.54, 1.807) is 49.4 Å². The zero-order valence-corrected chi connectivity index (χ0v) is 16.7. The van der Waals surface area contributed by atoms with Crippen LogP contribution in [0.15, 0.2) is 53.4 Å². The average Bonchev–Trinajstić information content (AvgIpc) is 3.07. The zero-order valence-electron chi connectivity index (χ0n) is 15.1. The Kier molecular flexibility index (Phi) is 5.67. The van der Waals surface area contributed by atoms with Gasteiger partial charge in [0.1, 0.15) is 12.4 Å². The molecule has 0 saturated carbocycles. The molecular formula is C19H22ClNO5S. The Morgan fingerprint density at radius 1 is 1.26 bits per heavy atom. The van der Waals surface area contributed by atoms with Gasteiger partial charge in [-0.05, 0) is 23.8 Å². The molecule has 2 aromatic carbocycles. The molecule has 0 aliphatic carbocycles. The third-order valence-corrected chi connectivity index (χ3v) is 6.83. The lowest BCUT2D eigenvalue weighted by molar-refractivity contribution is -0.174. The molecule has 0 spiro atoms. The molecule has 0 aromatic heterocycles. The predicted molar refractivity (Wildman–Crippen MR) is 104 cm³/mol. The smallest absolute Gasteiger partial charge is 0.264 e. The highest BCUT2D eigenvalue weighted by atomic mass is 35.5. The zero-order chi connectivity index (χ0) is 19.7. The molecule has 2 atom stereocenters. The molecule has 1 heterocycles. The molecule has 27 heavy (non-hydrogen) atoms. The fraction of sp³-hybridized carbons (Fsp3) is 0.368. The first-order valence-electron chi connectivity index (χ1n) is 8.47. The van der Waals surface area contributed by atoms with Crippen LogP contribution in [0.5, 0.6) is 5.75 Å². The van der Waals surface area contributed by atoms with Crippen molar-refractivity contribution in [3.63, 3.8) is 0 Å². The van der Waals surface area contributed by atoms with Crippen LogP contribution in [0.4, 0.5) is 5.69 Å². The first-order valence-corrected chi connectivity index (χ1v) is 10.4. The molecule has 1 N–H and O–H groups in total. The van der Waals surface area contributed by atoms with Crippen LogP contribution in [0, 0.1) is 0 Å². The summed E-state index contributed by atoms with van der Waals surface area (Å²) in [7, 11) is -2.30. The minimum absolute atomic E-state index is 0.110. The number of anilines is 1. The van der Waals surface area contributed by atoms with E-state index in [1.807, 2.05) is 6.07 Å². The monoisotopic (exact) mass is 411 g/mol. The average molecular weight is 412 g/mol. The maximum absolute atomic E-state index is 13.1. The SMILES string of the molecule is COC(C)(CO)Oc1ccc2c(c1)N(S(=O)(=O)c1ccccc1)CC2CCl. The van der Waals surface area contributed by atoms with Gasteiger partial charge in [-0.15, -0.1) is 11.6 Å². The summed E-state index contributed by atoms with van der Waals surface area (Å²) in [6.45, 7) is 1.51. The largest absolute Gasteiger partial charge is 0.460 e. The van der Waals surface area contributed by atoms with E-state index < -0.39 is 15.8 Å². The number of nitrogens with zero attached hydrogens (tertiary/aromatic N) is 1. The molecular weight excluding hydrogens is 390 g/mol. The minimum Gasteiger partial charge on any atom is -0.460 e. The molecule has 2 aromatic rings. The Morgan fingerprint density at radius 3 is 2.56 bits per heavy atom. The molecule has 1 aliphatic heterocycles. The van der Waals surface area contributed by atoms with Crippen LogP contribution >= 0.6 is 11.6 Å². The number of ether oxygens (including phenoxy) is 2. The number of aliphatic hydroxyl groups excluding tert-OH is 1. The summed E-state index contributed by atoms with van der Waals surface area (Å²) in [4.78, 5) is 0.217. The van der Waals surface area contributed by atoms with Crippen LogP contribution < -0.4 is 9.04 Å². The quantitative estimate of drug-likeness (QED) is 0.560. The van der Waals surface area contributed by atoms with Crippen LogP contribution in [0.3, 0.4) is 0 Å². The molecule has 2 unspecified atom stereocenters. The van der Waals surface area contributed by atoms with Crippen molar-refractivity contribution >= 4 is 27.3 Å². The summed E-state index contributed by atoms with van der Waals surface area (Å²) in [5.41, 5.74) is 1.37. The summed E-state index contributed by atoms with van der Waals surface area (Å²) in [6.07, 6.45) is 0. The van der Waals surface area contributed by atoms with Crippen molar-refractivity contribution in [2.75, 3.05) is 30.4 Å². The van der Waals surface area contributed by atoms with Gasteiger partial charge in [0.15, 0.2) is 0 Å². The highest BCUT2D eigenvalue weighted by molar-refractivity contribution is 7.92. The Hall–Kier alpha value is -1.80. The van der Waals surface area contributed by atoms with E-state index in [1.165, 1.54) is 11.4 Å². The van der Waals surface area contributed by atoms with Crippen molar-refractivity contribution < 1.29 is 23.0 Å². The number of rotatable bonds is 7. The third kappa shape index (κ3) is 3.78. The Balaban J connectivity index is 2.03. The molecule has 0 fully saturated rings. The van der Waals surface area contributed by atoms with Crippen LogP contribution in [-0.2, 0) is 14.8 Å². The molecule has 0 saturated heterocycles. The van der Waals surface area contributed by atoms with E-state index in [0.29, 0.717) is 17.3 Å². The fourth-order valence-electron chi connectivity index (χ4n) is 3.01. The number of fused-ring (bicyclic) bond motifs is 1. The molecule has 146 valence electrons. The Labute approximate surface area is 164 Å². The number of methoxy groups -OCH3 is 1. The van der Waals surface area contributed by atoms with Gasteiger partial charge in [0, 0.05) is 38.4 Å². The number of hydrogen-bond donors (Lipinski definition) is 1. The van der Waals surface area contributed by atoms with Gasteiger partial charge in [0.2, 0.25) is 5.79 Å². The maximum Gasteiger partial charge on any atom is 0.264 e. The van der Waals surface area contributed by atoms with Gasteiger partial charge in [-0.25, -0.2) is 8.42 Å². The van der Waals surface area contributed by atoms with Gasteiger partial charge in [0.25, 0.3) is 10.0 Å². The Morgan fingerprint density at radius 2 is 1.96 bits per heavy atom. The third-order valence-electron chi connectivity index (χ3n) is 4.67. The second-order valence-electron chi connectivity index (χ2n) is 6.52. The molecule has 0 amide bonds. The molecule has 0 radical (unpaired) electrons. The summed E-state index contributed by atoms with van der Waals surface area (Å²) >= 11 is 6.08. The summed E-state index contributed by atoms with van der Waals surface area (Å²) < 4.78 is 38.6. The van der Waals surface area contributed by atoms with Crippen LogP contribution in [0.1, 0.15) is 18.4 Å². The standard InChI is InChI=1S/C19H22ClNO5S/c1-19(13-22,25-2)26-15-8-9-17-14(11-20)12-21(18(17)10-15)27(23,24)16-6-4-3-5-7-16/h3-10,14,22H,11-13H2,1-2H3. The first kappa shape index (κ1) is 19.9. The molecule has 8 heteroatoms. The second kappa shape index (κ2) is 7.67. The van der Waals surface area contributed by atoms with E-state index in [9.17, 15) is 13.5 Å². The topological polar surface area (TPSA) is 76.1 Å². The van der Waals surface area contributed by atoms with E-state index >= 15 is 0 Å². The van der Waals surface area contributed by atoms with Crippen molar-refractivity contribution in [1.29, 1.82) is 0 Å². The van der Waals surface area contributed by atoms with Gasteiger partial charge < -0.3 is 14.6 Å².